The van der Waals surface area contributed by atoms with Crippen LogP contribution in [-0.4, -0.2) is 12.5 Å². The molecule has 88 valence electrons. The number of carbonyl (C=O) groups is 1. The second-order valence-corrected chi connectivity index (χ2v) is 5.18. The van der Waals surface area contributed by atoms with Crippen molar-refractivity contribution in [3.05, 3.63) is 35.1 Å². The van der Waals surface area contributed by atoms with Gasteiger partial charge >= 0.3 is 0 Å². The summed E-state index contributed by atoms with van der Waals surface area (Å²) in [5.74, 6) is -0.787. The van der Waals surface area contributed by atoms with Crippen LogP contribution in [0.1, 0.15) is 36.7 Å². The molecule has 3 heteroatoms. The van der Waals surface area contributed by atoms with Gasteiger partial charge in [0, 0.05) is 6.54 Å². The second kappa shape index (κ2) is 4.64. The molecule has 1 N–H and O–H groups in total. The summed E-state index contributed by atoms with van der Waals surface area (Å²) in [7, 11) is 0. The minimum Gasteiger partial charge on any atom is -0.351 e. The van der Waals surface area contributed by atoms with Crippen molar-refractivity contribution in [2.75, 3.05) is 6.54 Å². The number of hydrogen-bond donors (Lipinski definition) is 1. The van der Waals surface area contributed by atoms with E-state index in [0.29, 0.717) is 12.1 Å². The normalized spacial score (nSPS) is 11.3. The first kappa shape index (κ1) is 12.7. The second-order valence-electron chi connectivity index (χ2n) is 5.18. The highest BCUT2D eigenvalue weighted by atomic mass is 19.1. The molecule has 1 amide bonds. The van der Waals surface area contributed by atoms with Crippen molar-refractivity contribution >= 4 is 5.91 Å². The van der Waals surface area contributed by atoms with Gasteiger partial charge in [0.1, 0.15) is 5.82 Å². The van der Waals surface area contributed by atoms with Gasteiger partial charge in [0.25, 0.3) is 5.91 Å². The van der Waals surface area contributed by atoms with Gasteiger partial charge in [-0.25, -0.2) is 4.39 Å². The Kier molecular flexibility index (Phi) is 3.68. The zero-order chi connectivity index (χ0) is 12.3. The summed E-state index contributed by atoms with van der Waals surface area (Å²) in [5, 5.41) is 2.73. The van der Waals surface area contributed by atoms with Gasteiger partial charge in [0.05, 0.1) is 5.56 Å². The summed E-state index contributed by atoms with van der Waals surface area (Å²) in [6, 6.07) is 4.83. The number of carbonyl (C=O) groups excluding carboxylic acids is 1. The Morgan fingerprint density at radius 1 is 1.38 bits per heavy atom. The highest BCUT2D eigenvalue weighted by Crippen LogP contribution is 2.14. The molecule has 0 aliphatic heterocycles. The van der Waals surface area contributed by atoms with Crippen LogP contribution < -0.4 is 5.32 Å². The third kappa shape index (κ3) is 3.33. The molecule has 1 rings (SSSR count). The highest BCUT2D eigenvalue weighted by molar-refractivity contribution is 5.94. The van der Waals surface area contributed by atoms with Crippen LogP contribution in [0.25, 0.3) is 0 Å². The number of nitrogens with one attached hydrogen (secondary N) is 1. The molecule has 0 radical (unpaired) electrons. The highest BCUT2D eigenvalue weighted by Gasteiger charge is 2.16. The van der Waals surface area contributed by atoms with E-state index in [-0.39, 0.29) is 16.9 Å². The molecule has 0 saturated carbocycles. The third-order valence-corrected chi connectivity index (χ3v) is 2.22. The van der Waals surface area contributed by atoms with E-state index in [1.807, 2.05) is 20.8 Å². The summed E-state index contributed by atoms with van der Waals surface area (Å²) in [6.45, 7) is 8.22. The van der Waals surface area contributed by atoms with Gasteiger partial charge in [-0.3, -0.25) is 4.79 Å². The zero-order valence-corrected chi connectivity index (χ0v) is 10.2. The molecule has 2 nitrogen and oxygen atoms in total. The SMILES string of the molecule is Cc1cccc(C(=O)NCC(C)(C)C)c1F. The lowest BCUT2D eigenvalue weighted by Gasteiger charge is -2.18. The number of benzene rings is 1. The molecule has 0 bridgehead atoms. The predicted molar refractivity (Wildman–Crippen MR) is 62.9 cm³/mol. The largest absolute Gasteiger partial charge is 0.351 e. The number of hydrogen-bond acceptors (Lipinski definition) is 1. The number of aryl methyl sites for hydroxylation is 1. The van der Waals surface area contributed by atoms with Crippen LogP contribution in [-0.2, 0) is 0 Å². The van der Waals surface area contributed by atoms with Crippen LogP contribution in [0.2, 0.25) is 0 Å². The summed E-state index contributed by atoms with van der Waals surface area (Å²) >= 11 is 0. The summed E-state index contributed by atoms with van der Waals surface area (Å²) < 4.78 is 13.6. The summed E-state index contributed by atoms with van der Waals surface area (Å²) in [4.78, 5) is 11.7. The molecule has 0 saturated heterocycles. The Morgan fingerprint density at radius 3 is 2.56 bits per heavy atom. The number of rotatable bonds is 2. The van der Waals surface area contributed by atoms with Gasteiger partial charge in [-0.2, -0.15) is 0 Å². The van der Waals surface area contributed by atoms with Crippen molar-refractivity contribution < 1.29 is 9.18 Å². The first-order valence-electron chi connectivity index (χ1n) is 5.34. The van der Waals surface area contributed by atoms with E-state index < -0.39 is 5.82 Å². The van der Waals surface area contributed by atoms with Gasteiger partial charge in [-0.05, 0) is 24.0 Å². The lowest BCUT2D eigenvalue weighted by Crippen LogP contribution is -2.32. The molecule has 0 atom stereocenters. The van der Waals surface area contributed by atoms with Crippen LogP contribution in [0.4, 0.5) is 4.39 Å². The van der Waals surface area contributed by atoms with Crippen LogP contribution in [0.5, 0.6) is 0 Å². The molecular formula is C13H18FNO. The van der Waals surface area contributed by atoms with E-state index in [4.69, 9.17) is 0 Å². The van der Waals surface area contributed by atoms with Crippen molar-refractivity contribution in [1.29, 1.82) is 0 Å². The van der Waals surface area contributed by atoms with Gasteiger partial charge in [-0.15, -0.1) is 0 Å². The molecule has 1 aromatic carbocycles. The number of halogens is 1. The summed E-state index contributed by atoms with van der Waals surface area (Å²) in [6.07, 6.45) is 0. The lowest BCUT2D eigenvalue weighted by molar-refractivity contribution is 0.0935. The molecule has 0 aliphatic rings. The van der Waals surface area contributed by atoms with E-state index >= 15 is 0 Å². The topological polar surface area (TPSA) is 29.1 Å². The molecule has 16 heavy (non-hydrogen) atoms. The first-order valence-corrected chi connectivity index (χ1v) is 5.34. The Hall–Kier alpha value is -1.38. The van der Waals surface area contributed by atoms with Gasteiger partial charge < -0.3 is 5.32 Å². The molecule has 0 aromatic heterocycles. The molecule has 0 heterocycles. The van der Waals surface area contributed by atoms with Crippen LogP contribution in [0.3, 0.4) is 0 Å². The van der Waals surface area contributed by atoms with Gasteiger partial charge in [0.15, 0.2) is 0 Å². The molecule has 1 aromatic rings. The molecule has 0 fully saturated rings. The molecule has 0 unspecified atom stereocenters. The minimum absolute atomic E-state index is 0.00401. The minimum atomic E-state index is -0.436. The first-order chi connectivity index (χ1) is 7.31. The van der Waals surface area contributed by atoms with E-state index in [0.717, 1.165) is 0 Å². The van der Waals surface area contributed by atoms with E-state index in [9.17, 15) is 9.18 Å². The maximum Gasteiger partial charge on any atom is 0.254 e. The smallest absolute Gasteiger partial charge is 0.254 e. The van der Waals surface area contributed by atoms with Crippen LogP contribution in [0.15, 0.2) is 18.2 Å². The standard InChI is InChI=1S/C13H18FNO/c1-9-6-5-7-10(11(9)14)12(16)15-8-13(2,3)4/h5-7H,8H2,1-4H3,(H,15,16). The lowest BCUT2D eigenvalue weighted by atomic mass is 9.97. The van der Waals surface area contributed by atoms with Crippen molar-refractivity contribution in [2.24, 2.45) is 5.41 Å². The summed E-state index contributed by atoms with van der Waals surface area (Å²) in [5.41, 5.74) is 0.600. The molecule has 0 aliphatic carbocycles. The predicted octanol–water partition coefficient (Wildman–Crippen LogP) is 2.91. The van der Waals surface area contributed by atoms with Crippen LogP contribution in [0, 0.1) is 18.2 Å². The maximum absolute atomic E-state index is 13.6. The Bertz CT molecular complexity index is 393. The fourth-order valence-electron chi connectivity index (χ4n) is 1.26. The van der Waals surface area contributed by atoms with E-state index in [1.165, 1.54) is 6.07 Å². The Labute approximate surface area is 95.9 Å². The van der Waals surface area contributed by atoms with Gasteiger partial charge in [-0.1, -0.05) is 32.9 Å². The maximum atomic E-state index is 13.6. The Balaban J connectivity index is 2.78. The van der Waals surface area contributed by atoms with E-state index in [2.05, 4.69) is 5.32 Å². The fourth-order valence-corrected chi connectivity index (χ4v) is 1.26. The van der Waals surface area contributed by atoms with Crippen molar-refractivity contribution in [1.82, 2.24) is 5.32 Å². The van der Waals surface area contributed by atoms with Crippen LogP contribution >= 0.6 is 0 Å². The molecule has 0 spiro atoms. The average molecular weight is 223 g/mol. The zero-order valence-electron chi connectivity index (χ0n) is 10.2. The van der Waals surface area contributed by atoms with Crippen molar-refractivity contribution in [3.8, 4) is 0 Å². The third-order valence-electron chi connectivity index (χ3n) is 2.22. The average Bonchev–Trinajstić information content (AvgIpc) is 2.17. The monoisotopic (exact) mass is 223 g/mol. The van der Waals surface area contributed by atoms with E-state index in [1.54, 1.807) is 19.1 Å². The van der Waals surface area contributed by atoms with Crippen molar-refractivity contribution in [3.63, 3.8) is 0 Å². The Morgan fingerprint density at radius 2 is 2.00 bits per heavy atom. The van der Waals surface area contributed by atoms with Crippen molar-refractivity contribution in [2.45, 2.75) is 27.7 Å². The quantitative estimate of drug-likeness (QED) is 0.820. The van der Waals surface area contributed by atoms with Gasteiger partial charge in [0.2, 0.25) is 0 Å². The fraction of sp³-hybridized carbons (Fsp3) is 0.462. The number of amides is 1. The molecular weight excluding hydrogens is 205 g/mol.